The molecule has 0 radical (unpaired) electrons. The molecule has 0 bridgehead atoms. The number of likely N-dealkylation sites (N-methyl/N-ethyl adjacent to an activating group) is 1. The number of methoxy groups -OCH3 is 1. The zero-order chi connectivity index (χ0) is 11.1. The minimum Gasteiger partial charge on any atom is -0.383 e. The van der Waals surface area contributed by atoms with E-state index in [1.165, 1.54) is 12.8 Å². The third-order valence-corrected chi connectivity index (χ3v) is 3.14. The molecule has 1 unspecified atom stereocenters. The minimum absolute atomic E-state index is 0.345. The van der Waals surface area contributed by atoms with E-state index in [2.05, 4.69) is 11.9 Å². The molecule has 0 aromatic carbocycles. The third kappa shape index (κ3) is 4.47. The zero-order valence-electron chi connectivity index (χ0n) is 9.95. The Balaban J connectivity index is 2.27. The van der Waals surface area contributed by atoms with Crippen LogP contribution in [0.5, 0.6) is 0 Å². The summed E-state index contributed by atoms with van der Waals surface area (Å²) in [5.41, 5.74) is 5.72. The van der Waals surface area contributed by atoms with Crippen molar-refractivity contribution in [2.75, 3.05) is 47.1 Å². The normalized spacial score (nSPS) is 20.8. The summed E-state index contributed by atoms with van der Waals surface area (Å²) in [5.74, 6) is 0.759. The highest BCUT2D eigenvalue weighted by molar-refractivity contribution is 4.73. The number of nitrogens with two attached hydrogens (primary N) is 1. The maximum absolute atomic E-state index is 5.72. The zero-order valence-corrected chi connectivity index (χ0v) is 9.95. The smallest absolute Gasteiger partial charge is 0.0630 e. The third-order valence-electron chi connectivity index (χ3n) is 3.14. The monoisotopic (exact) mass is 216 g/mol. The fourth-order valence-corrected chi connectivity index (χ4v) is 2.05. The summed E-state index contributed by atoms with van der Waals surface area (Å²) >= 11 is 0. The van der Waals surface area contributed by atoms with Gasteiger partial charge in [-0.3, -0.25) is 4.90 Å². The molecular weight excluding hydrogens is 192 g/mol. The average molecular weight is 216 g/mol. The molecule has 1 atom stereocenters. The van der Waals surface area contributed by atoms with Crippen LogP contribution in [0.3, 0.4) is 0 Å². The SMILES string of the molecule is COCC(CN)N(C)CC1CCOCC1. The maximum Gasteiger partial charge on any atom is 0.0630 e. The molecule has 1 aliphatic heterocycles. The van der Waals surface area contributed by atoms with E-state index in [1.807, 2.05) is 0 Å². The molecule has 0 aromatic rings. The summed E-state index contributed by atoms with van der Waals surface area (Å²) in [4.78, 5) is 2.32. The molecular formula is C11H24N2O2. The fraction of sp³-hybridized carbons (Fsp3) is 1.00. The maximum atomic E-state index is 5.72. The van der Waals surface area contributed by atoms with Gasteiger partial charge in [0.25, 0.3) is 0 Å². The Morgan fingerprint density at radius 2 is 2.13 bits per heavy atom. The molecule has 4 heteroatoms. The van der Waals surface area contributed by atoms with Crippen molar-refractivity contribution in [1.82, 2.24) is 4.90 Å². The molecule has 15 heavy (non-hydrogen) atoms. The first-order valence-corrected chi connectivity index (χ1v) is 5.75. The molecule has 1 rings (SSSR count). The molecule has 1 fully saturated rings. The van der Waals surface area contributed by atoms with Gasteiger partial charge < -0.3 is 15.2 Å². The van der Waals surface area contributed by atoms with Gasteiger partial charge >= 0.3 is 0 Å². The van der Waals surface area contributed by atoms with Crippen LogP contribution in [0.4, 0.5) is 0 Å². The lowest BCUT2D eigenvalue weighted by Crippen LogP contribution is -2.44. The molecule has 0 spiro atoms. The van der Waals surface area contributed by atoms with Gasteiger partial charge in [0.15, 0.2) is 0 Å². The number of nitrogens with zero attached hydrogens (tertiary/aromatic N) is 1. The van der Waals surface area contributed by atoms with E-state index in [-0.39, 0.29) is 0 Å². The molecule has 0 amide bonds. The van der Waals surface area contributed by atoms with Crippen LogP contribution in [-0.2, 0) is 9.47 Å². The summed E-state index contributed by atoms with van der Waals surface area (Å²) < 4.78 is 10.5. The largest absolute Gasteiger partial charge is 0.383 e. The second-order valence-electron chi connectivity index (χ2n) is 4.34. The molecule has 4 nitrogen and oxygen atoms in total. The van der Waals surface area contributed by atoms with Crippen molar-refractivity contribution in [2.24, 2.45) is 11.7 Å². The Morgan fingerprint density at radius 3 is 2.67 bits per heavy atom. The summed E-state index contributed by atoms with van der Waals surface area (Å²) in [6.45, 7) is 4.31. The molecule has 0 aliphatic carbocycles. The predicted octanol–water partition coefficient (Wildman–Crippen LogP) is 0.319. The number of rotatable bonds is 6. The van der Waals surface area contributed by atoms with Gasteiger partial charge in [0.2, 0.25) is 0 Å². The second-order valence-corrected chi connectivity index (χ2v) is 4.34. The summed E-state index contributed by atoms with van der Waals surface area (Å²) in [6.07, 6.45) is 2.35. The summed E-state index contributed by atoms with van der Waals surface area (Å²) in [5, 5.41) is 0. The van der Waals surface area contributed by atoms with E-state index in [0.717, 1.165) is 32.3 Å². The lowest BCUT2D eigenvalue weighted by Gasteiger charge is -2.31. The van der Waals surface area contributed by atoms with Gasteiger partial charge in [-0.2, -0.15) is 0 Å². The van der Waals surface area contributed by atoms with Crippen molar-refractivity contribution < 1.29 is 9.47 Å². The first kappa shape index (κ1) is 12.9. The van der Waals surface area contributed by atoms with Gasteiger partial charge in [-0.15, -0.1) is 0 Å². The van der Waals surface area contributed by atoms with E-state index in [0.29, 0.717) is 12.6 Å². The van der Waals surface area contributed by atoms with E-state index in [9.17, 15) is 0 Å². The van der Waals surface area contributed by atoms with E-state index in [1.54, 1.807) is 7.11 Å². The van der Waals surface area contributed by atoms with Crippen molar-refractivity contribution >= 4 is 0 Å². The van der Waals surface area contributed by atoms with Crippen LogP contribution < -0.4 is 5.73 Å². The highest BCUT2D eigenvalue weighted by Gasteiger charge is 2.19. The van der Waals surface area contributed by atoms with Gasteiger partial charge in [-0.05, 0) is 25.8 Å². The molecule has 2 N–H and O–H groups in total. The predicted molar refractivity (Wildman–Crippen MR) is 60.9 cm³/mol. The molecule has 1 aliphatic rings. The average Bonchev–Trinajstić information content (AvgIpc) is 2.27. The molecule has 1 heterocycles. The van der Waals surface area contributed by atoms with Gasteiger partial charge in [0.05, 0.1) is 6.61 Å². The van der Waals surface area contributed by atoms with Crippen molar-refractivity contribution in [2.45, 2.75) is 18.9 Å². The fourth-order valence-electron chi connectivity index (χ4n) is 2.05. The van der Waals surface area contributed by atoms with Gasteiger partial charge in [-0.1, -0.05) is 0 Å². The van der Waals surface area contributed by atoms with Crippen LogP contribution in [0.25, 0.3) is 0 Å². The molecule has 90 valence electrons. The van der Waals surface area contributed by atoms with Crippen molar-refractivity contribution in [3.8, 4) is 0 Å². The number of hydrogen-bond acceptors (Lipinski definition) is 4. The van der Waals surface area contributed by atoms with E-state index >= 15 is 0 Å². The van der Waals surface area contributed by atoms with Gasteiger partial charge in [0, 0.05) is 39.5 Å². The standard InChI is InChI=1S/C11H24N2O2/c1-13(11(7-12)9-14-2)8-10-3-5-15-6-4-10/h10-11H,3-9,12H2,1-2H3. The Hall–Kier alpha value is -0.160. The summed E-state index contributed by atoms with van der Waals surface area (Å²) in [7, 11) is 3.86. The number of hydrogen-bond donors (Lipinski definition) is 1. The topological polar surface area (TPSA) is 47.7 Å². The van der Waals surface area contributed by atoms with Crippen LogP contribution >= 0.6 is 0 Å². The lowest BCUT2D eigenvalue weighted by atomic mass is 9.99. The minimum atomic E-state index is 0.345. The van der Waals surface area contributed by atoms with Crippen molar-refractivity contribution in [1.29, 1.82) is 0 Å². The second kappa shape index (κ2) is 7.17. The quantitative estimate of drug-likeness (QED) is 0.694. The van der Waals surface area contributed by atoms with Gasteiger partial charge in [0.1, 0.15) is 0 Å². The summed E-state index contributed by atoms with van der Waals surface area (Å²) in [6, 6.07) is 0.345. The van der Waals surface area contributed by atoms with Crippen LogP contribution in [0.1, 0.15) is 12.8 Å². The Morgan fingerprint density at radius 1 is 1.47 bits per heavy atom. The highest BCUT2D eigenvalue weighted by atomic mass is 16.5. The molecule has 0 saturated carbocycles. The molecule has 1 saturated heterocycles. The number of ether oxygens (including phenoxy) is 2. The Kier molecular flexibility index (Phi) is 6.17. The first-order valence-electron chi connectivity index (χ1n) is 5.75. The van der Waals surface area contributed by atoms with E-state index in [4.69, 9.17) is 15.2 Å². The van der Waals surface area contributed by atoms with Crippen LogP contribution in [0.15, 0.2) is 0 Å². The van der Waals surface area contributed by atoms with Crippen molar-refractivity contribution in [3.63, 3.8) is 0 Å². The van der Waals surface area contributed by atoms with Crippen LogP contribution in [-0.4, -0.2) is 58.0 Å². The molecule has 0 aromatic heterocycles. The Labute approximate surface area is 92.7 Å². The first-order chi connectivity index (χ1) is 7.27. The Bertz CT molecular complexity index is 161. The van der Waals surface area contributed by atoms with Crippen LogP contribution in [0.2, 0.25) is 0 Å². The van der Waals surface area contributed by atoms with E-state index < -0.39 is 0 Å². The van der Waals surface area contributed by atoms with Crippen LogP contribution in [0, 0.1) is 5.92 Å². The van der Waals surface area contributed by atoms with Gasteiger partial charge in [-0.25, -0.2) is 0 Å². The van der Waals surface area contributed by atoms with Crippen molar-refractivity contribution in [3.05, 3.63) is 0 Å². The highest BCUT2D eigenvalue weighted by Crippen LogP contribution is 2.16. The lowest BCUT2D eigenvalue weighted by molar-refractivity contribution is 0.0413.